The summed E-state index contributed by atoms with van der Waals surface area (Å²) in [6, 6.07) is 6.29. The van der Waals surface area contributed by atoms with Crippen LogP contribution in [0.2, 0.25) is 0 Å². The minimum atomic E-state index is -4.61. The lowest BCUT2D eigenvalue weighted by Gasteiger charge is -2.09. The predicted octanol–water partition coefficient (Wildman–Crippen LogP) is 4.01. The predicted molar refractivity (Wildman–Crippen MR) is 72.5 cm³/mol. The minimum Gasteiger partial charge on any atom is -0.322 e. The summed E-state index contributed by atoms with van der Waals surface area (Å²) in [7, 11) is 0. The Morgan fingerprint density at radius 1 is 1.13 bits per heavy atom. The summed E-state index contributed by atoms with van der Waals surface area (Å²) < 4.78 is 51.0. The van der Waals surface area contributed by atoms with Gasteiger partial charge in [0.2, 0.25) is 5.82 Å². The van der Waals surface area contributed by atoms with Gasteiger partial charge in [0, 0.05) is 17.3 Å². The molecule has 0 fully saturated rings. The van der Waals surface area contributed by atoms with Crippen LogP contribution in [-0.4, -0.2) is 10.8 Å². The number of nitro groups is 1. The van der Waals surface area contributed by atoms with E-state index in [2.05, 4.69) is 5.32 Å². The van der Waals surface area contributed by atoms with Crippen molar-refractivity contribution in [1.29, 1.82) is 0 Å². The van der Waals surface area contributed by atoms with Gasteiger partial charge in [-0.3, -0.25) is 14.9 Å². The molecule has 9 heteroatoms. The number of anilines is 1. The fraction of sp³-hybridized carbons (Fsp3) is 0.0714. The Kier molecular flexibility index (Phi) is 4.30. The maximum absolute atomic E-state index is 13.2. The highest BCUT2D eigenvalue weighted by Crippen LogP contribution is 2.30. The lowest BCUT2D eigenvalue weighted by Crippen LogP contribution is -2.14. The van der Waals surface area contributed by atoms with Crippen molar-refractivity contribution in [2.24, 2.45) is 0 Å². The Morgan fingerprint density at radius 3 is 2.43 bits per heavy atom. The summed E-state index contributed by atoms with van der Waals surface area (Å²) in [5.74, 6) is -2.00. The van der Waals surface area contributed by atoms with Gasteiger partial charge >= 0.3 is 11.9 Å². The highest BCUT2D eigenvalue weighted by molar-refractivity contribution is 6.04. The molecule has 0 atom stereocenters. The molecule has 0 aromatic heterocycles. The van der Waals surface area contributed by atoms with Crippen molar-refractivity contribution in [1.82, 2.24) is 0 Å². The average molecular weight is 328 g/mol. The number of benzene rings is 2. The third-order valence-corrected chi connectivity index (χ3v) is 2.85. The largest absolute Gasteiger partial charge is 0.416 e. The maximum atomic E-state index is 13.2. The van der Waals surface area contributed by atoms with Crippen molar-refractivity contribution < 1.29 is 27.3 Å². The Hall–Kier alpha value is -2.97. The molecule has 2 rings (SSSR count). The third-order valence-electron chi connectivity index (χ3n) is 2.85. The quantitative estimate of drug-likeness (QED) is 0.526. The number of carbonyl (C=O) groups is 1. The van der Waals surface area contributed by atoms with Crippen LogP contribution in [0.3, 0.4) is 0 Å². The smallest absolute Gasteiger partial charge is 0.322 e. The van der Waals surface area contributed by atoms with Crippen molar-refractivity contribution in [2.75, 3.05) is 5.32 Å². The lowest BCUT2D eigenvalue weighted by atomic mass is 10.1. The van der Waals surface area contributed by atoms with Gasteiger partial charge in [-0.1, -0.05) is 6.07 Å². The van der Waals surface area contributed by atoms with E-state index >= 15 is 0 Å². The van der Waals surface area contributed by atoms with E-state index < -0.39 is 34.1 Å². The molecule has 0 radical (unpaired) electrons. The van der Waals surface area contributed by atoms with E-state index in [1.165, 1.54) is 0 Å². The van der Waals surface area contributed by atoms with Crippen molar-refractivity contribution in [3.8, 4) is 0 Å². The molecule has 0 aliphatic carbocycles. The Labute approximate surface area is 126 Å². The number of amides is 1. The summed E-state index contributed by atoms with van der Waals surface area (Å²) in [6.07, 6.45) is -4.61. The number of alkyl halides is 3. The van der Waals surface area contributed by atoms with E-state index in [-0.39, 0.29) is 11.3 Å². The summed E-state index contributed by atoms with van der Waals surface area (Å²) >= 11 is 0. The summed E-state index contributed by atoms with van der Waals surface area (Å²) in [5, 5.41) is 12.8. The molecule has 2 aromatic carbocycles. The van der Waals surface area contributed by atoms with Gasteiger partial charge in [-0.25, -0.2) is 0 Å². The Bertz CT molecular complexity index is 775. The zero-order valence-electron chi connectivity index (χ0n) is 11.2. The fourth-order valence-corrected chi connectivity index (χ4v) is 1.77. The van der Waals surface area contributed by atoms with Gasteiger partial charge in [0.25, 0.3) is 5.91 Å². The van der Waals surface area contributed by atoms with Crippen LogP contribution in [0.5, 0.6) is 0 Å². The highest BCUT2D eigenvalue weighted by atomic mass is 19.4. The van der Waals surface area contributed by atoms with Crippen LogP contribution >= 0.6 is 0 Å². The van der Waals surface area contributed by atoms with Crippen LogP contribution in [-0.2, 0) is 6.18 Å². The number of nitro benzene ring substituents is 1. The van der Waals surface area contributed by atoms with Crippen molar-refractivity contribution in [2.45, 2.75) is 6.18 Å². The topological polar surface area (TPSA) is 72.2 Å². The van der Waals surface area contributed by atoms with Crippen LogP contribution in [0, 0.1) is 15.9 Å². The van der Waals surface area contributed by atoms with Crippen LogP contribution in [0.4, 0.5) is 28.9 Å². The molecular formula is C14H8F4N2O3. The van der Waals surface area contributed by atoms with Crippen molar-refractivity contribution >= 4 is 17.3 Å². The van der Waals surface area contributed by atoms with E-state index in [4.69, 9.17) is 0 Å². The van der Waals surface area contributed by atoms with E-state index in [1.54, 1.807) is 0 Å². The summed E-state index contributed by atoms with van der Waals surface area (Å²) in [6.45, 7) is 0. The highest BCUT2D eigenvalue weighted by Gasteiger charge is 2.30. The van der Waals surface area contributed by atoms with Gasteiger partial charge in [0.15, 0.2) is 0 Å². The molecule has 0 aliphatic heterocycles. The number of hydrogen-bond acceptors (Lipinski definition) is 3. The minimum absolute atomic E-state index is 0.111. The molecule has 5 nitrogen and oxygen atoms in total. The molecule has 23 heavy (non-hydrogen) atoms. The van der Waals surface area contributed by atoms with Gasteiger partial charge in [-0.2, -0.15) is 17.6 Å². The summed E-state index contributed by atoms with van der Waals surface area (Å²) in [5.41, 5.74) is -2.26. The van der Waals surface area contributed by atoms with Crippen LogP contribution in [0.15, 0.2) is 42.5 Å². The molecule has 0 spiro atoms. The number of nitrogens with one attached hydrogen (secondary N) is 1. The molecule has 0 saturated carbocycles. The normalized spacial score (nSPS) is 11.1. The first-order chi connectivity index (χ1) is 10.7. The molecule has 1 N–H and O–H groups in total. The van der Waals surface area contributed by atoms with Crippen molar-refractivity contribution in [3.63, 3.8) is 0 Å². The second-order valence-corrected chi connectivity index (χ2v) is 4.46. The molecule has 2 aromatic rings. The van der Waals surface area contributed by atoms with Gasteiger partial charge in [-0.15, -0.1) is 0 Å². The Morgan fingerprint density at radius 2 is 1.83 bits per heavy atom. The van der Waals surface area contributed by atoms with Gasteiger partial charge < -0.3 is 5.32 Å². The standard InChI is InChI=1S/C14H8F4N2O3/c15-11-5-4-10(7-12(11)20(22)23)19-13(21)8-2-1-3-9(6-8)14(16,17)18/h1-7H,(H,19,21). The zero-order chi connectivity index (χ0) is 17.2. The zero-order valence-corrected chi connectivity index (χ0v) is 11.2. The third kappa shape index (κ3) is 3.82. The summed E-state index contributed by atoms with van der Waals surface area (Å²) in [4.78, 5) is 21.6. The van der Waals surface area contributed by atoms with Crippen LogP contribution in [0.1, 0.15) is 15.9 Å². The molecule has 0 bridgehead atoms. The first-order valence-corrected chi connectivity index (χ1v) is 6.11. The fourth-order valence-electron chi connectivity index (χ4n) is 1.77. The molecular weight excluding hydrogens is 320 g/mol. The number of hydrogen-bond donors (Lipinski definition) is 1. The molecule has 0 unspecified atom stereocenters. The first kappa shape index (κ1) is 16.4. The Balaban J connectivity index is 2.26. The number of nitrogens with zero attached hydrogens (tertiary/aromatic N) is 1. The lowest BCUT2D eigenvalue weighted by molar-refractivity contribution is -0.387. The number of carbonyl (C=O) groups excluding carboxylic acids is 1. The average Bonchev–Trinajstić information content (AvgIpc) is 2.48. The van der Waals surface area contributed by atoms with Crippen LogP contribution < -0.4 is 5.32 Å². The molecule has 0 heterocycles. The van der Waals surface area contributed by atoms with Crippen molar-refractivity contribution in [3.05, 3.63) is 69.5 Å². The first-order valence-electron chi connectivity index (χ1n) is 6.11. The SMILES string of the molecule is O=C(Nc1ccc(F)c([N+](=O)[O-])c1)c1cccc(C(F)(F)F)c1. The van der Waals surface area contributed by atoms with E-state index in [0.717, 1.165) is 36.4 Å². The molecule has 0 aliphatic rings. The van der Waals surface area contributed by atoms with Gasteiger partial charge in [-0.05, 0) is 30.3 Å². The molecule has 0 saturated heterocycles. The van der Waals surface area contributed by atoms with E-state index in [0.29, 0.717) is 6.07 Å². The second kappa shape index (κ2) is 6.03. The molecule has 120 valence electrons. The monoisotopic (exact) mass is 328 g/mol. The van der Waals surface area contributed by atoms with E-state index in [1.807, 2.05) is 0 Å². The second-order valence-electron chi connectivity index (χ2n) is 4.46. The van der Waals surface area contributed by atoms with Gasteiger partial charge in [0.05, 0.1) is 10.5 Å². The maximum Gasteiger partial charge on any atom is 0.416 e. The van der Waals surface area contributed by atoms with Crippen LogP contribution in [0.25, 0.3) is 0 Å². The number of rotatable bonds is 3. The van der Waals surface area contributed by atoms with E-state index in [9.17, 15) is 32.5 Å². The molecule has 1 amide bonds. The number of halogens is 4. The van der Waals surface area contributed by atoms with Gasteiger partial charge in [0.1, 0.15) is 0 Å².